The molecule has 0 aliphatic heterocycles. The van der Waals surface area contributed by atoms with Crippen molar-refractivity contribution in [2.24, 2.45) is 5.92 Å². The first-order valence-electron chi connectivity index (χ1n) is 7.17. The number of Topliss-reactive ketones (excluding diaryl/α,β-unsaturated/α-hetero) is 1. The number of amides is 1. The van der Waals surface area contributed by atoms with Crippen LogP contribution in [0.5, 0.6) is 5.75 Å². The lowest BCUT2D eigenvalue weighted by Gasteiger charge is -2.16. The number of carbonyl (C=O) groups is 3. The highest BCUT2D eigenvalue weighted by atomic mass is 32.2. The Morgan fingerprint density at radius 3 is 2.24 bits per heavy atom. The summed E-state index contributed by atoms with van der Waals surface area (Å²) in [5.41, 5.74) is -0.107. The monoisotopic (exact) mass is 373 g/mol. The van der Waals surface area contributed by atoms with Crippen LogP contribution in [0.15, 0.2) is 18.2 Å². The van der Waals surface area contributed by atoms with Crippen molar-refractivity contribution in [2.45, 2.75) is 19.9 Å². The Bertz CT molecular complexity index is 785. The highest BCUT2D eigenvalue weighted by Crippen LogP contribution is 2.21. The molecule has 0 radical (unpaired) electrons. The van der Waals surface area contributed by atoms with Gasteiger partial charge in [-0.3, -0.25) is 14.1 Å². The van der Waals surface area contributed by atoms with Gasteiger partial charge >= 0.3 is 5.97 Å². The molecule has 25 heavy (non-hydrogen) atoms. The van der Waals surface area contributed by atoms with Crippen molar-refractivity contribution in [1.29, 1.82) is 0 Å². The van der Waals surface area contributed by atoms with Gasteiger partial charge in [0.25, 0.3) is 16.0 Å². The highest BCUT2D eigenvalue weighted by molar-refractivity contribution is 7.85. The maximum atomic E-state index is 12.3. The zero-order valence-electron chi connectivity index (χ0n) is 13.8. The maximum Gasteiger partial charge on any atom is 0.327 e. The lowest BCUT2D eigenvalue weighted by Crippen LogP contribution is -2.45. The number of carboxylic acid groups (broad SMARTS) is 1. The molecule has 138 valence electrons. The van der Waals surface area contributed by atoms with Crippen molar-refractivity contribution >= 4 is 27.8 Å². The van der Waals surface area contributed by atoms with Gasteiger partial charge in [-0.15, -0.1) is 0 Å². The third-order valence-electron chi connectivity index (χ3n) is 3.24. The Hall–Kier alpha value is -2.46. The number of nitrogens with one attached hydrogen (secondary N) is 1. The molecule has 10 heteroatoms. The van der Waals surface area contributed by atoms with Crippen molar-refractivity contribution in [2.75, 3.05) is 12.9 Å². The van der Waals surface area contributed by atoms with Gasteiger partial charge < -0.3 is 15.2 Å². The van der Waals surface area contributed by atoms with Crippen molar-refractivity contribution < 1.29 is 37.2 Å². The molecule has 0 bridgehead atoms. The van der Waals surface area contributed by atoms with E-state index >= 15 is 0 Å². The molecule has 0 aromatic heterocycles. The summed E-state index contributed by atoms with van der Waals surface area (Å²) >= 11 is 0. The Labute approximate surface area is 144 Å². The molecular formula is C15H19NO8S. The second-order valence-electron chi connectivity index (χ2n) is 5.54. The minimum Gasteiger partial charge on any atom is -0.497 e. The number of ether oxygens (including phenoxy) is 1. The number of rotatable bonds is 8. The summed E-state index contributed by atoms with van der Waals surface area (Å²) in [6, 6.07) is 2.16. The van der Waals surface area contributed by atoms with Gasteiger partial charge in [-0.2, -0.15) is 8.42 Å². The Kier molecular flexibility index (Phi) is 6.65. The summed E-state index contributed by atoms with van der Waals surface area (Å²) in [6.07, 6.45) is 0. The second-order valence-corrected chi connectivity index (χ2v) is 7.04. The molecule has 0 aliphatic carbocycles. The predicted octanol–water partition coefficient (Wildman–Crippen LogP) is 0.605. The van der Waals surface area contributed by atoms with E-state index in [-0.39, 0.29) is 16.9 Å². The number of carbonyl (C=O) groups excluding carboxylic acids is 2. The molecule has 1 atom stereocenters. The molecule has 1 aromatic rings. The normalized spacial score (nSPS) is 12.5. The average molecular weight is 373 g/mol. The fraction of sp³-hybridized carbons (Fsp3) is 0.400. The van der Waals surface area contributed by atoms with Crippen LogP contribution in [0.1, 0.15) is 34.6 Å². The van der Waals surface area contributed by atoms with Crippen LogP contribution in [0.3, 0.4) is 0 Å². The molecule has 0 heterocycles. The maximum absolute atomic E-state index is 12.3. The first-order valence-corrected chi connectivity index (χ1v) is 8.78. The van der Waals surface area contributed by atoms with E-state index in [0.717, 1.165) is 0 Å². The molecule has 3 N–H and O–H groups in total. The minimum atomic E-state index is -4.63. The van der Waals surface area contributed by atoms with Crippen molar-refractivity contribution in [1.82, 2.24) is 5.32 Å². The minimum absolute atomic E-state index is 0.0165. The molecule has 0 saturated heterocycles. The van der Waals surface area contributed by atoms with Gasteiger partial charge in [0.2, 0.25) is 0 Å². The first kappa shape index (κ1) is 20.6. The number of ketones is 1. The lowest BCUT2D eigenvalue weighted by molar-refractivity contribution is -0.138. The van der Waals surface area contributed by atoms with E-state index in [0.29, 0.717) is 5.75 Å². The molecule has 1 amide bonds. The zero-order valence-corrected chi connectivity index (χ0v) is 14.7. The van der Waals surface area contributed by atoms with Crippen molar-refractivity contribution in [3.63, 3.8) is 0 Å². The fourth-order valence-corrected chi connectivity index (χ4v) is 2.63. The van der Waals surface area contributed by atoms with Crippen LogP contribution in [0.2, 0.25) is 0 Å². The number of benzene rings is 1. The van der Waals surface area contributed by atoms with Crippen molar-refractivity contribution in [3.05, 3.63) is 29.3 Å². The van der Waals surface area contributed by atoms with Crippen LogP contribution >= 0.6 is 0 Å². The van der Waals surface area contributed by atoms with Gasteiger partial charge in [0.1, 0.15) is 17.5 Å². The van der Waals surface area contributed by atoms with Gasteiger partial charge in [-0.1, -0.05) is 13.8 Å². The summed E-state index contributed by atoms with van der Waals surface area (Å²) < 4.78 is 35.6. The van der Waals surface area contributed by atoms with E-state index in [2.05, 4.69) is 0 Å². The number of methoxy groups -OCH3 is 1. The standard InChI is InChI=1S/C15H19NO8S/c1-8(2)13(17)11-6-9(24-3)4-5-10(11)14(18)16-12(15(19)20)7-25(21,22)23/h4-6,8,12H,7H2,1-3H3,(H,16,18)(H,19,20)(H,21,22,23). The predicted molar refractivity (Wildman–Crippen MR) is 87.5 cm³/mol. The third-order valence-corrected chi connectivity index (χ3v) is 4.00. The fourth-order valence-electron chi connectivity index (χ4n) is 1.98. The SMILES string of the molecule is COc1ccc(C(=O)NC(CS(=O)(=O)O)C(=O)O)c(C(=O)C(C)C)c1. The van der Waals surface area contributed by atoms with Gasteiger partial charge in [0, 0.05) is 11.5 Å². The average Bonchev–Trinajstić information content (AvgIpc) is 2.51. The Balaban J connectivity index is 3.23. The highest BCUT2D eigenvalue weighted by Gasteiger charge is 2.28. The Morgan fingerprint density at radius 1 is 1.20 bits per heavy atom. The van der Waals surface area contributed by atoms with Gasteiger partial charge in [0.15, 0.2) is 5.78 Å². The van der Waals surface area contributed by atoms with E-state index < -0.39 is 39.7 Å². The molecule has 0 aliphatic rings. The van der Waals surface area contributed by atoms with E-state index in [1.165, 1.54) is 25.3 Å². The van der Waals surface area contributed by atoms with E-state index in [1.54, 1.807) is 13.8 Å². The summed E-state index contributed by atoms with van der Waals surface area (Å²) in [5.74, 6) is -4.28. The summed E-state index contributed by atoms with van der Waals surface area (Å²) in [5, 5.41) is 11.0. The molecule has 0 spiro atoms. The zero-order chi connectivity index (χ0) is 19.4. The lowest BCUT2D eigenvalue weighted by atomic mass is 9.95. The van der Waals surface area contributed by atoms with E-state index in [4.69, 9.17) is 14.4 Å². The molecular weight excluding hydrogens is 354 g/mol. The molecule has 1 unspecified atom stereocenters. The van der Waals surface area contributed by atoms with Crippen LogP contribution in [-0.2, 0) is 14.9 Å². The quantitative estimate of drug-likeness (QED) is 0.443. The number of aliphatic carboxylic acids is 1. The molecule has 1 rings (SSSR count). The summed E-state index contributed by atoms with van der Waals surface area (Å²) in [4.78, 5) is 35.7. The smallest absolute Gasteiger partial charge is 0.327 e. The van der Waals surface area contributed by atoms with Crippen LogP contribution in [-0.4, -0.2) is 54.6 Å². The van der Waals surface area contributed by atoms with Crippen molar-refractivity contribution in [3.8, 4) is 5.75 Å². The molecule has 9 nitrogen and oxygen atoms in total. The number of carboxylic acids is 1. The number of hydrogen-bond donors (Lipinski definition) is 3. The van der Waals surface area contributed by atoms with Gasteiger partial charge in [-0.05, 0) is 18.2 Å². The van der Waals surface area contributed by atoms with Crippen LogP contribution in [0.4, 0.5) is 0 Å². The Morgan fingerprint density at radius 2 is 1.80 bits per heavy atom. The third kappa shape index (κ3) is 5.84. The summed E-state index contributed by atoms with van der Waals surface area (Å²) in [7, 11) is -3.25. The van der Waals surface area contributed by atoms with Crippen LogP contribution in [0, 0.1) is 5.92 Å². The van der Waals surface area contributed by atoms with Gasteiger partial charge in [0.05, 0.1) is 12.7 Å². The summed E-state index contributed by atoms with van der Waals surface area (Å²) in [6.45, 7) is 3.25. The molecule has 1 aromatic carbocycles. The largest absolute Gasteiger partial charge is 0.497 e. The van der Waals surface area contributed by atoms with Crippen LogP contribution < -0.4 is 10.1 Å². The van der Waals surface area contributed by atoms with E-state index in [1.807, 2.05) is 5.32 Å². The topological polar surface area (TPSA) is 147 Å². The van der Waals surface area contributed by atoms with E-state index in [9.17, 15) is 22.8 Å². The second kappa shape index (κ2) is 8.08. The molecule has 0 fully saturated rings. The first-order chi connectivity index (χ1) is 11.5. The van der Waals surface area contributed by atoms with Crippen LogP contribution in [0.25, 0.3) is 0 Å². The van der Waals surface area contributed by atoms with Gasteiger partial charge in [-0.25, -0.2) is 4.79 Å². The number of hydrogen-bond acceptors (Lipinski definition) is 6. The molecule has 0 saturated carbocycles.